The minimum Gasteiger partial charge on any atom is -0.423 e. The van der Waals surface area contributed by atoms with Crippen molar-refractivity contribution in [2.24, 2.45) is 0 Å². The maximum Gasteiger partial charge on any atom is 0.336 e. The molecule has 2 aromatic rings. The fourth-order valence-corrected chi connectivity index (χ4v) is 1.29. The number of fused-ring (bicyclic) bond motifs is 1. The number of benzene rings is 1. The van der Waals surface area contributed by atoms with Gasteiger partial charge in [0.25, 0.3) is 0 Å². The standard InChI is InChI=1S/C10H7FO2/c11-6-7-5-10(12)13-9-4-2-1-3-8(7)9/h1-5H,6H2. The van der Waals surface area contributed by atoms with Crippen LogP contribution in [0.5, 0.6) is 0 Å². The Morgan fingerprint density at radius 3 is 2.85 bits per heavy atom. The highest BCUT2D eigenvalue weighted by Crippen LogP contribution is 2.16. The minimum atomic E-state index is -0.647. The number of halogens is 1. The van der Waals surface area contributed by atoms with Crippen molar-refractivity contribution in [3.63, 3.8) is 0 Å². The largest absolute Gasteiger partial charge is 0.423 e. The van der Waals surface area contributed by atoms with Crippen molar-refractivity contribution in [3.8, 4) is 0 Å². The lowest BCUT2D eigenvalue weighted by Crippen LogP contribution is -1.98. The van der Waals surface area contributed by atoms with Gasteiger partial charge in [-0.25, -0.2) is 9.18 Å². The lowest BCUT2D eigenvalue weighted by atomic mass is 10.1. The lowest BCUT2D eigenvalue weighted by molar-refractivity contribution is 0.481. The first-order valence-electron chi connectivity index (χ1n) is 3.89. The third-order valence-electron chi connectivity index (χ3n) is 1.88. The molecule has 0 bridgehead atoms. The number of hydrogen-bond acceptors (Lipinski definition) is 2. The van der Waals surface area contributed by atoms with E-state index in [0.717, 1.165) is 0 Å². The fraction of sp³-hybridized carbons (Fsp3) is 0.100. The van der Waals surface area contributed by atoms with Crippen molar-refractivity contribution in [3.05, 3.63) is 46.3 Å². The Balaban J connectivity index is 2.89. The van der Waals surface area contributed by atoms with Crippen LogP contribution in [-0.4, -0.2) is 0 Å². The van der Waals surface area contributed by atoms with E-state index in [1.165, 1.54) is 6.07 Å². The Morgan fingerprint density at radius 2 is 2.08 bits per heavy atom. The molecule has 0 atom stereocenters. The lowest BCUT2D eigenvalue weighted by Gasteiger charge is -1.99. The van der Waals surface area contributed by atoms with E-state index in [2.05, 4.69) is 0 Å². The molecule has 0 radical (unpaired) electrons. The maximum atomic E-state index is 12.5. The summed E-state index contributed by atoms with van der Waals surface area (Å²) in [6, 6.07) is 8.08. The second-order valence-electron chi connectivity index (χ2n) is 2.72. The van der Waals surface area contributed by atoms with Crippen molar-refractivity contribution in [1.82, 2.24) is 0 Å². The molecule has 1 aromatic carbocycles. The molecule has 0 saturated carbocycles. The smallest absolute Gasteiger partial charge is 0.336 e. The summed E-state index contributed by atoms with van der Waals surface area (Å²) in [6.07, 6.45) is 0. The van der Waals surface area contributed by atoms with Crippen molar-refractivity contribution in [2.45, 2.75) is 6.67 Å². The zero-order chi connectivity index (χ0) is 9.26. The molecule has 0 fully saturated rings. The number of rotatable bonds is 1. The van der Waals surface area contributed by atoms with Gasteiger partial charge >= 0.3 is 5.63 Å². The Bertz CT molecular complexity index is 487. The summed E-state index contributed by atoms with van der Waals surface area (Å²) < 4.78 is 17.3. The molecule has 0 amide bonds. The summed E-state index contributed by atoms with van der Waals surface area (Å²) in [4.78, 5) is 10.9. The monoisotopic (exact) mass is 178 g/mol. The SMILES string of the molecule is O=c1cc(CF)c2ccccc2o1. The van der Waals surface area contributed by atoms with Crippen molar-refractivity contribution >= 4 is 11.0 Å². The minimum absolute atomic E-state index is 0.381. The van der Waals surface area contributed by atoms with E-state index in [1.807, 2.05) is 0 Å². The molecular weight excluding hydrogens is 171 g/mol. The summed E-state index contributed by atoms with van der Waals surface area (Å²) in [6.45, 7) is -0.647. The van der Waals surface area contributed by atoms with Gasteiger partial charge in [-0.05, 0) is 6.07 Å². The molecule has 0 aliphatic carbocycles. The first kappa shape index (κ1) is 7.98. The van der Waals surface area contributed by atoms with Gasteiger partial charge in [0.2, 0.25) is 0 Å². The highest BCUT2D eigenvalue weighted by atomic mass is 19.1. The van der Waals surface area contributed by atoms with Gasteiger partial charge in [0.15, 0.2) is 0 Å². The van der Waals surface area contributed by atoms with Crippen LogP contribution in [0.2, 0.25) is 0 Å². The third kappa shape index (κ3) is 1.33. The fourth-order valence-electron chi connectivity index (χ4n) is 1.29. The molecule has 0 unspecified atom stereocenters. The maximum absolute atomic E-state index is 12.5. The van der Waals surface area contributed by atoms with Crippen LogP contribution < -0.4 is 5.63 Å². The normalized spacial score (nSPS) is 10.5. The van der Waals surface area contributed by atoms with E-state index in [4.69, 9.17) is 4.42 Å². The van der Waals surface area contributed by atoms with Crippen LogP contribution >= 0.6 is 0 Å². The Labute approximate surface area is 73.6 Å². The number of alkyl halides is 1. The van der Waals surface area contributed by atoms with Crippen LogP contribution in [0.15, 0.2) is 39.5 Å². The number of para-hydroxylation sites is 1. The van der Waals surface area contributed by atoms with Gasteiger partial charge in [-0.2, -0.15) is 0 Å². The van der Waals surface area contributed by atoms with Crippen molar-refractivity contribution in [2.75, 3.05) is 0 Å². The average molecular weight is 178 g/mol. The van der Waals surface area contributed by atoms with E-state index in [1.54, 1.807) is 24.3 Å². The summed E-state index contributed by atoms with van der Waals surface area (Å²) in [5, 5.41) is 0.657. The molecule has 2 nitrogen and oxygen atoms in total. The molecule has 0 aliphatic heterocycles. The van der Waals surface area contributed by atoms with Gasteiger partial charge in [-0.1, -0.05) is 18.2 Å². The van der Waals surface area contributed by atoms with Crippen LogP contribution in [0.25, 0.3) is 11.0 Å². The topological polar surface area (TPSA) is 30.2 Å². The highest BCUT2D eigenvalue weighted by molar-refractivity contribution is 5.79. The van der Waals surface area contributed by atoms with E-state index in [-0.39, 0.29) is 0 Å². The molecule has 66 valence electrons. The van der Waals surface area contributed by atoms with Gasteiger partial charge < -0.3 is 4.42 Å². The molecular formula is C10H7FO2. The first-order valence-corrected chi connectivity index (χ1v) is 3.89. The number of hydrogen-bond donors (Lipinski definition) is 0. The Kier molecular flexibility index (Phi) is 1.85. The van der Waals surface area contributed by atoms with Crippen LogP contribution in [0.1, 0.15) is 5.56 Å². The average Bonchev–Trinajstić information content (AvgIpc) is 2.16. The van der Waals surface area contributed by atoms with E-state index in [9.17, 15) is 9.18 Å². The molecule has 1 heterocycles. The van der Waals surface area contributed by atoms with E-state index in [0.29, 0.717) is 16.5 Å². The predicted octanol–water partition coefficient (Wildman–Crippen LogP) is 2.26. The summed E-state index contributed by atoms with van der Waals surface area (Å²) in [5.41, 5.74) is 0.306. The summed E-state index contributed by atoms with van der Waals surface area (Å²) >= 11 is 0. The zero-order valence-corrected chi connectivity index (χ0v) is 6.79. The molecule has 13 heavy (non-hydrogen) atoms. The zero-order valence-electron chi connectivity index (χ0n) is 6.79. The molecule has 3 heteroatoms. The predicted molar refractivity (Wildman–Crippen MR) is 47.3 cm³/mol. The van der Waals surface area contributed by atoms with Crippen LogP contribution in [0.4, 0.5) is 4.39 Å². The van der Waals surface area contributed by atoms with Gasteiger partial charge in [0.1, 0.15) is 12.3 Å². The molecule has 0 aliphatic rings. The van der Waals surface area contributed by atoms with Crippen LogP contribution in [0, 0.1) is 0 Å². The highest BCUT2D eigenvalue weighted by Gasteiger charge is 2.03. The van der Waals surface area contributed by atoms with E-state index >= 15 is 0 Å². The van der Waals surface area contributed by atoms with Gasteiger partial charge in [-0.3, -0.25) is 0 Å². The van der Waals surface area contributed by atoms with Crippen LogP contribution in [-0.2, 0) is 6.67 Å². The Morgan fingerprint density at radius 1 is 1.31 bits per heavy atom. The molecule has 0 spiro atoms. The van der Waals surface area contributed by atoms with Gasteiger partial charge in [0.05, 0.1) is 0 Å². The quantitative estimate of drug-likeness (QED) is 0.627. The Hall–Kier alpha value is -1.64. The third-order valence-corrected chi connectivity index (χ3v) is 1.88. The summed E-state index contributed by atoms with van der Waals surface area (Å²) in [5.74, 6) is 0. The second-order valence-corrected chi connectivity index (χ2v) is 2.72. The second kappa shape index (κ2) is 3.01. The van der Waals surface area contributed by atoms with Gasteiger partial charge in [0, 0.05) is 17.0 Å². The first-order chi connectivity index (χ1) is 6.31. The molecule has 0 saturated heterocycles. The van der Waals surface area contributed by atoms with Gasteiger partial charge in [-0.15, -0.1) is 0 Å². The van der Waals surface area contributed by atoms with Crippen LogP contribution in [0.3, 0.4) is 0 Å². The summed E-state index contributed by atoms with van der Waals surface area (Å²) in [7, 11) is 0. The van der Waals surface area contributed by atoms with E-state index < -0.39 is 12.3 Å². The van der Waals surface area contributed by atoms with Crippen molar-refractivity contribution < 1.29 is 8.81 Å². The molecule has 0 N–H and O–H groups in total. The van der Waals surface area contributed by atoms with Crippen molar-refractivity contribution in [1.29, 1.82) is 0 Å². The molecule has 2 rings (SSSR count). The molecule has 1 aromatic heterocycles.